The van der Waals surface area contributed by atoms with Crippen LogP contribution in [0.5, 0.6) is 0 Å². The van der Waals surface area contributed by atoms with E-state index in [0.717, 1.165) is 6.07 Å². The highest BCUT2D eigenvalue weighted by atomic mass is 19.4. The number of halogens is 3. The third-order valence-corrected chi connectivity index (χ3v) is 3.67. The highest BCUT2D eigenvalue weighted by Gasteiger charge is 2.41. The van der Waals surface area contributed by atoms with Crippen LogP contribution in [0.2, 0.25) is 0 Å². The summed E-state index contributed by atoms with van der Waals surface area (Å²) in [7, 11) is 0. The molecule has 2 rings (SSSR count). The molecule has 1 aromatic carbocycles. The van der Waals surface area contributed by atoms with Gasteiger partial charge in [0, 0.05) is 23.8 Å². The fourth-order valence-corrected chi connectivity index (χ4v) is 2.88. The molecule has 0 spiro atoms. The molecule has 0 bridgehead atoms. The Morgan fingerprint density at radius 2 is 1.89 bits per heavy atom. The van der Waals surface area contributed by atoms with Crippen molar-refractivity contribution >= 4 is 5.69 Å². The van der Waals surface area contributed by atoms with Crippen LogP contribution in [0.25, 0.3) is 0 Å². The van der Waals surface area contributed by atoms with Crippen molar-refractivity contribution in [1.29, 1.82) is 0 Å². The van der Waals surface area contributed by atoms with Crippen LogP contribution in [0.1, 0.15) is 31.9 Å². The largest absolute Gasteiger partial charge is 0.416 e. The van der Waals surface area contributed by atoms with Gasteiger partial charge in [0.25, 0.3) is 0 Å². The summed E-state index contributed by atoms with van der Waals surface area (Å²) in [5.41, 5.74) is 6.47. The normalized spacial score (nSPS) is 20.8. The lowest BCUT2D eigenvalue weighted by Gasteiger charge is -2.33. The maximum atomic E-state index is 13.0. The van der Waals surface area contributed by atoms with Gasteiger partial charge >= 0.3 is 6.18 Å². The van der Waals surface area contributed by atoms with Gasteiger partial charge in [-0.15, -0.1) is 0 Å². The number of benzene rings is 1. The monoisotopic (exact) mass is 272 g/mol. The molecule has 0 radical (unpaired) electrons. The number of fused-ring (bicyclic) bond motifs is 1. The van der Waals surface area contributed by atoms with Gasteiger partial charge in [0.1, 0.15) is 0 Å². The first kappa shape index (κ1) is 14.2. The Morgan fingerprint density at radius 1 is 1.26 bits per heavy atom. The van der Waals surface area contributed by atoms with Crippen molar-refractivity contribution < 1.29 is 13.2 Å². The first-order valence-corrected chi connectivity index (χ1v) is 6.46. The van der Waals surface area contributed by atoms with E-state index < -0.39 is 11.7 Å². The molecule has 1 aromatic rings. The topological polar surface area (TPSA) is 29.3 Å². The minimum absolute atomic E-state index is 0.0708. The Hall–Kier alpha value is -1.23. The molecular formula is C14H19F3N2. The van der Waals surface area contributed by atoms with Gasteiger partial charge in [0.2, 0.25) is 0 Å². The number of anilines is 1. The van der Waals surface area contributed by atoms with Crippen LogP contribution in [0.4, 0.5) is 18.9 Å². The van der Waals surface area contributed by atoms with Crippen LogP contribution in [0, 0.1) is 0 Å². The second kappa shape index (κ2) is 4.71. The quantitative estimate of drug-likeness (QED) is 0.896. The summed E-state index contributed by atoms with van der Waals surface area (Å²) in [6.07, 6.45) is -3.94. The summed E-state index contributed by atoms with van der Waals surface area (Å²) in [6, 6.07) is 4.27. The molecule has 2 N–H and O–H groups in total. The summed E-state index contributed by atoms with van der Waals surface area (Å²) in [6.45, 7) is 5.80. The van der Waals surface area contributed by atoms with Crippen LogP contribution in [-0.4, -0.2) is 18.1 Å². The highest BCUT2D eigenvalue weighted by Crippen LogP contribution is 2.42. The standard InChI is InChI=1S/C14H19F3N2/c1-8(2)19-12-6-4-5-11(14(15,16)17)10(12)7-13(19)9(3)18/h4-6,8-9,13H,7,18H2,1-3H3. The zero-order chi connectivity index (χ0) is 14.4. The maximum Gasteiger partial charge on any atom is 0.416 e. The Labute approximate surface area is 111 Å². The number of nitrogens with zero attached hydrogens (tertiary/aromatic N) is 1. The van der Waals surface area contributed by atoms with E-state index >= 15 is 0 Å². The van der Waals surface area contributed by atoms with Gasteiger partial charge in [0.15, 0.2) is 0 Å². The van der Waals surface area contributed by atoms with Crippen molar-refractivity contribution in [1.82, 2.24) is 0 Å². The van der Waals surface area contributed by atoms with E-state index in [1.165, 1.54) is 6.07 Å². The van der Waals surface area contributed by atoms with Gasteiger partial charge in [-0.3, -0.25) is 0 Å². The van der Waals surface area contributed by atoms with E-state index in [2.05, 4.69) is 0 Å². The van der Waals surface area contributed by atoms with Crippen LogP contribution in [0.3, 0.4) is 0 Å². The third-order valence-electron chi connectivity index (χ3n) is 3.67. The SMILES string of the molecule is CC(N)C1Cc2c(cccc2C(F)(F)F)N1C(C)C. The van der Waals surface area contributed by atoms with Crippen molar-refractivity contribution in [3.05, 3.63) is 29.3 Å². The van der Waals surface area contributed by atoms with Gasteiger partial charge in [0.05, 0.1) is 5.56 Å². The van der Waals surface area contributed by atoms with Gasteiger partial charge < -0.3 is 10.6 Å². The van der Waals surface area contributed by atoms with Crippen molar-refractivity contribution in [2.24, 2.45) is 5.73 Å². The molecule has 0 fully saturated rings. The van der Waals surface area contributed by atoms with E-state index in [1.807, 2.05) is 25.7 Å². The summed E-state index contributed by atoms with van der Waals surface area (Å²) in [5, 5.41) is 0. The van der Waals surface area contributed by atoms with Gasteiger partial charge in [-0.2, -0.15) is 13.2 Å². The Kier molecular flexibility index (Phi) is 3.51. The summed E-state index contributed by atoms with van der Waals surface area (Å²) >= 11 is 0. The molecule has 0 saturated carbocycles. The summed E-state index contributed by atoms with van der Waals surface area (Å²) in [4.78, 5) is 2.01. The molecule has 0 amide bonds. The molecule has 2 nitrogen and oxygen atoms in total. The number of hydrogen-bond acceptors (Lipinski definition) is 2. The lowest BCUT2D eigenvalue weighted by molar-refractivity contribution is -0.138. The first-order chi connectivity index (χ1) is 8.73. The molecule has 0 aliphatic carbocycles. The van der Waals surface area contributed by atoms with Gasteiger partial charge in [-0.1, -0.05) is 6.07 Å². The zero-order valence-corrected chi connectivity index (χ0v) is 11.3. The van der Waals surface area contributed by atoms with Crippen molar-refractivity contribution in [3.63, 3.8) is 0 Å². The Balaban J connectivity index is 2.53. The molecule has 2 atom stereocenters. The van der Waals surface area contributed by atoms with Crippen LogP contribution in [0.15, 0.2) is 18.2 Å². The molecule has 0 aromatic heterocycles. The van der Waals surface area contributed by atoms with Crippen molar-refractivity contribution in [2.45, 2.75) is 51.5 Å². The number of nitrogens with two attached hydrogens (primary N) is 1. The Bertz CT molecular complexity index is 466. The minimum atomic E-state index is -4.30. The maximum absolute atomic E-state index is 13.0. The molecule has 1 aliphatic heterocycles. The van der Waals surface area contributed by atoms with Gasteiger partial charge in [-0.05, 0) is 44.9 Å². The van der Waals surface area contributed by atoms with Crippen LogP contribution in [-0.2, 0) is 12.6 Å². The number of hydrogen-bond donors (Lipinski definition) is 1. The first-order valence-electron chi connectivity index (χ1n) is 6.46. The molecule has 0 saturated heterocycles. The fraction of sp³-hybridized carbons (Fsp3) is 0.571. The average molecular weight is 272 g/mol. The minimum Gasteiger partial charge on any atom is -0.364 e. The van der Waals surface area contributed by atoms with E-state index in [4.69, 9.17) is 5.73 Å². The highest BCUT2D eigenvalue weighted by molar-refractivity contribution is 5.63. The zero-order valence-electron chi connectivity index (χ0n) is 11.3. The lowest BCUT2D eigenvalue weighted by atomic mass is 10.0. The summed E-state index contributed by atoms with van der Waals surface area (Å²) in [5.74, 6) is 0. The predicted molar refractivity (Wildman–Crippen MR) is 70.2 cm³/mol. The number of rotatable bonds is 2. The third kappa shape index (κ3) is 2.43. The second-order valence-electron chi connectivity index (χ2n) is 5.43. The van der Waals surface area contributed by atoms with Gasteiger partial charge in [-0.25, -0.2) is 0 Å². The summed E-state index contributed by atoms with van der Waals surface area (Å²) < 4.78 is 39.1. The van der Waals surface area contributed by atoms with Crippen molar-refractivity contribution in [2.75, 3.05) is 4.90 Å². The number of alkyl halides is 3. The molecule has 1 heterocycles. The second-order valence-corrected chi connectivity index (χ2v) is 5.43. The van der Waals surface area contributed by atoms with Crippen molar-refractivity contribution in [3.8, 4) is 0 Å². The van der Waals surface area contributed by atoms with Crippen LogP contribution >= 0.6 is 0 Å². The average Bonchev–Trinajstić information content (AvgIpc) is 2.66. The lowest BCUT2D eigenvalue weighted by Crippen LogP contribution is -2.47. The van der Waals surface area contributed by atoms with E-state index in [0.29, 0.717) is 17.7 Å². The molecule has 106 valence electrons. The van der Waals surface area contributed by atoms with Crippen LogP contribution < -0.4 is 10.6 Å². The fourth-order valence-electron chi connectivity index (χ4n) is 2.88. The Morgan fingerprint density at radius 3 is 2.37 bits per heavy atom. The molecule has 5 heteroatoms. The predicted octanol–water partition coefficient (Wildman–Crippen LogP) is 3.19. The molecule has 19 heavy (non-hydrogen) atoms. The molecule has 2 unspecified atom stereocenters. The van der Waals surface area contributed by atoms with E-state index in [9.17, 15) is 13.2 Å². The smallest absolute Gasteiger partial charge is 0.364 e. The van der Waals surface area contributed by atoms with E-state index in [1.54, 1.807) is 6.07 Å². The van der Waals surface area contributed by atoms with E-state index in [-0.39, 0.29) is 18.1 Å². The molecular weight excluding hydrogens is 253 g/mol. The molecule has 1 aliphatic rings.